The third kappa shape index (κ3) is 3.91. The summed E-state index contributed by atoms with van der Waals surface area (Å²) < 4.78 is 0. The van der Waals surface area contributed by atoms with E-state index in [1.54, 1.807) is 6.07 Å². The van der Waals surface area contributed by atoms with E-state index in [2.05, 4.69) is 39.8 Å². The molecular formula is C18H21KO2. The minimum Gasteiger partial charge on any atom is -0.870 e. The van der Waals surface area contributed by atoms with Crippen LogP contribution in [0, 0.1) is 0 Å². The maximum absolute atomic E-state index is 11.7. The molecule has 0 aliphatic carbocycles. The molecule has 0 amide bonds. The van der Waals surface area contributed by atoms with Crippen LogP contribution in [0.25, 0.3) is 11.1 Å². The molecule has 0 saturated carbocycles. The van der Waals surface area contributed by atoms with E-state index < -0.39 is 0 Å². The molecule has 0 aliphatic rings. The minimum absolute atomic E-state index is 0. The van der Waals surface area contributed by atoms with E-state index in [0.29, 0.717) is 17.4 Å². The van der Waals surface area contributed by atoms with Crippen molar-refractivity contribution in [1.29, 1.82) is 0 Å². The van der Waals surface area contributed by atoms with Gasteiger partial charge >= 0.3 is 51.4 Å². The van der Waals surface area contributed by atoms with Gasteiger partial charge < -0.3 is 10.2 Å². The third-order valence-corrected chi connectivity index (χ3v) is 3.64. The van der Waals surface area contributed by atoms with Crippen LogP contribution < -0.4 is 56.5 Å². The molecule has 2 rings (SSSR count). The molecule has 0 unspecified atom stereocenters. The van der Waals surface area contributed by atoms with Crippen LogP contribution in [0.4, 0.5) is 0 Å². The number of hydrogen-bond acceptors (Lipinski definition) is 2. The van der Waals surface area contributed by atoms with Gasteiger partial charge in [0, 0.05) is 5.56 Å². The summed E-state index contributed by atoms with van der Waals surface area (Å²) in [4.78, 5) is 0. The Labute approximate surface area is 169 Å². The van der Waals surface area contributed by atoms with Crippen molar-refractivity contribution in [2.75, 3.05) is 0 Å². The van der Waals surface area contributed by atoms with Crippen molar-refractivity contribution < 1.29 is 61.6 Å². The number of benzene rings is 2. The Morgan fingerprint density at radius 3 is 1.81 bits per heavy atom. The number of aromatic hydroxyl groups is 1. The molecule has 0 spiro atoms. The van der Waals surface area contributed by atoms with E-state index in [1.165, 1.54) is 6.07 Å². The van der Waals surface area contributed by atoms with Gasteiger partial charge in [0.2, 0.25) is 0 Å². The van der Waals surface area contributed by atoms with Crippen molar-refractivity contribution in [3.63, 3.8) is 0 Å². The molecule has 0 aliphatic heterocycles. The predicted molar refractivity (Wildman–Crippen MR) is 81.2 cm³/mol. The molecule has 0 fully saturated rings. The molecule has 1 N–H and O–H groups in total. The predicted octanol–water partition coefficient (Wildman–Crippen LogP) is 1.38. The summed E-state index contributed by atoms with van der Waals surface area (Å²) in [6, 6.07) is 11.1. The summed E-state index contributed by atoms with van der Waals surface area (Å²) in [6.45, 7) is 8.50. The average Bonchev–Trinajstić information content (AvgIpc) is 2.41. The Hall–Kier alpha value is -0.324. The molecule has 0 bridgehead atoms. The summed E-state index contributed by atoms with van der Waals surface area (Å²) in [7, 11) is 0. The topological polar surface area (TPSA) is 43.3 Å². The normalized spacial score (nSPS) is 10.8. The summed E-state index contributed by atoms with van der Waals surface area (Å²) >= 11 is 0. The van der Waals surface area contributed by atoms with Crippen molar-refractivity contribution in [1.82, 2.24) is 0 Å². The molecule has 0 saturated heterocycles. The molecule has 2 nitrogen and oxygen atoms in total. The van der Waals surface area contributed by atoms with Crippen LogP contribution in [0.2, 0.25) is 0 Å². The molecule has 3 heteroatoms. The Kier molecular flexibility index (Phi) is 6.95. The molecular weight excluding hydrogens is 287 g/mol. The zero-order valence-electron chi connectivity index (χ0n) is 13.5. The second kappa shape index (κ2) is 7.79. The van der Waals surface area contributed by atoms with Crippen molar-refractivity contribution in [2.24, 2.45) is 0 Å². The maximum Gasteiger partial charge on any atom is 1.00 e. The van der Waals surface area contributed by atoms with Gasteiger partial charge in [-0.2, -0.15) is 0 Å². The summed E-state index contributed by atoms with van der Waals surface area (Å²) in [5.74, 6) is 0.190. The van der Waals surface area contributed by atoms with E-state index in [0.717, 1.165) is 16.7 Å². The number of phenolic OH excluding ortho intramolecular Hbond substituents is 1. The number of phenols is 1. The largest absolute Gasteiger partial charge is 1.00 e. The van der Waals surface area contributed by atoms with Crippen LogP contribution in [0.15, 0.2) is 36.4 Å². The van der Waals surface area contributed by atoms with Gasteiger partial charge in [0.1, 0.15) is 5.75 Å². The van der Waals surface area contributed by atoms with Crippen LogP contribution in [0.1, 0.15) is 50.7 Å². The van der Waals surface area contributed by atoms with Crippen LogP contribution in [0.5, 0.6) is 11.5 Å². The molecule has 2 aromatic carbocycles. The Morgan fingerprint density at radius 2 is 1.33 bits per heavy atom. The standard InChI is InChI=1S/C18H22O2.K/c1-11(2)13-7-5-8-14(12(3)4)17(13)15-9-6-10-16(19)18(15)20;/h5-12,19-20H,1-4H3;/q;+1/p-1. The smallest absolute Gasteiger partial charge is 0.870 e. The molecule has 0 aromatic heterocycles. The van der Waals surface area contributed by atoms with Crippen molar-refractivity contribution >= 4 is 0 Å². The van der Waals surface area contributed by atoms with Crippen LogP contribution >= 0.6 is 0 Å². The number of para-hydroxylation sites is 1. The van der Waals surface area contributed by atoms with Gasteiger partial charge in [-0.15, -0.1) is 0 Å². The number of rotatable bonds is 3. The first kappa shape index (κ1) is 18.7. The fourth-order valence-electron chi connectivity index (χ4n) is 2.59. The minimum atomic E-state index is -0.323. The van der Waals surface area contributed by atoms with E-state index in [-0.39, 0.29) is 62.9 Å². The number of hydrogen-bond donors (Lipinski definition) is 1. The zero-order chi connectivity index (χ0) is 14.9. The SMILES string of the molecule is CC(C)c1cccc(C(C)C)c1-c1cccc([O-])c1O.[K+]. The van der Waals surface area contributed by atoms with E-state index in [9.17, 15) is 10.2 Å². The van der Waals surface area contributed by atoms with Gasteiger partial charge in [-0.05, 0) is 28.5 Å². The fraction of sp³-hybridized carbons (Fsp3) is 0.333. The molecule has 21 heavy (non-hydrogen) atoms. The van der Waals surface area contributed by atoms with Gasteiger partial charge in [-0.25, -0.2) is 0 Å². The second-order valence-corrected chi connectivity index (χ2v) is 5.77. The Balaban J connectivity index is 0.00000220. The Morgan fingerprint density at radius 1 is 0.857 bits per heavy atom. The first-order valence-corrected chi connectivity index (χ1v) is 7.05. The fourth-order valence-corrected chi connectivity index (χ4v) is 2.59. The van der Waals surface area contributed by atoms with Crippen molar-refractivity contribution in [3.05, 3.63) is 47.5 Å². The van der Waals surface area contributed by atoms with Crippen LogP contribution in [0.3, 0.4) is 0 Å². The van der Waals surface area contributed by atoms with E-state index >= 15 is 0 Å². The third-order valence-electron chi connectivity index (χ3n) is 3.64. The van der Waals surface area contributed by atoms with Gasteiger partial charge in [-0.3, -0.25) is 0 Å². The zero-order valence-corrected chi connectivity index (χ0v) is 16.6. The van der Waals surface area contributed by atoms with E-state index in [1.807, 2.05) is 12.1 Å². The maximum atomic E-state index is 11.7. The average molecular weight is 308 g/mol. The van der Waals surface area contributed by atoms with Crippen molar-refractivity contribution in [2.45, 2.75) is 39.5 Å². The molecule has 0 heterocycles. The van der Waals surface area contributed by atoms with Crippen LogP contribution in [-0.2, 0) is 0 Å². The first-order valence-electron chi connectivity index (χ1n) is 7.05. The summed E-state index contributed by atoms with van der Waals surface area (Å²) in [5, 5.41) is 21.9. The Bertz CT molecular complexity index is 592. The molecule has 2 aromatic rings. The second-order valence-electron chi connectivity index (χ2n) is 5.77. The molecule has 0 radical (unpaired) electrons. The van der Waals surface area contributed by atoms with Gasteiger partial charge in [-0.1, -0.05) is 69.8 Å². The van der Waals surface area contributed by atoms with Gasteiger partial charge in [0.05, 0.1) is 0 Å². The van der Waals surface area contributed by atoms with E-state index in [4.69, 9.17) is 0 Å². The monoisotopic (exact) mass is 308 g/mol. The summed E-state index contributed by atoms with van der Waals surface area (Å²) in [6.07, 6.45) is 0. The quantitative estimate of drug-likeness (QED) is 0.871. The van der Waals surface area contributed by atoms with Gasteiger partial charge in [0.25, 0.3) is 0 Å². The van der Waals surface area contributed by atoms with Crippen LogP contribution in [-0.4, -0.2) is 5.11 Å². The van der Waals surface area contributed by atoms with Gasteiger partial charge in [0.15, 0.2) is 0 Å². The first-order chi connectivity index (χ1) is 9.43. The molecule has 106 valence electrons. The van der Waals surface area contributed by atoms with Crippen molar-refractivity contribution in [3.8, 4) is 22.6 Å². The summed E-state index contributed by atoms with van der Waals surface area (Å²) in [5.41, 5.74) is 3.98. The molecule has 0 atom stereocenters.